The van der Waals surface area contributed by atoms with E-state index in [1.54, 1.807) is 19.1 Å². The van der Waals surface area contributed by atoms with Gasteiger partial charge in [0.05, 0.1) is 5.41 Å². The van der Waals surface area contributed by atoms with Crippen LogP contribution in [-0.4, -0.2) is 52.2 Å². The Kier molecular flexibility index (Phi) is 2.64. The van der Waals surface area contributed by atoms with Gasteiger partial charge in [-0.25, -0.2) is 0 Å². The number of phenolic OH excluding ortho intramolecular Hbond substituents is 1. The van der Waals surface area contributed by atoms with E-state index in [1.807, 2.05) is 13.1 Å². The second kappa shape index (κ2) is 4.34. The molecule has 0 radical (unpaired) electrons. The largest absolute Gasteiger partial charge is 0.504 e. The van der Waals surface area contributed by atoms with E-state index >= 15 is 0 Å². The Labute approximate surface area is 146 Å². The number of likely N-dealkylation sites (tertiary alicyclic amines) is 1. The second-order valence-corrected chi connectivity index (χ2v) is 7.90. The highest BCUT2D eigenvalue weighted by molar-refractivity contribution is 6.06. The minimum atomic E-state index is -1.22. The lowest BCUT2D eigenvalue weighted by Crippen LogP contribution is -2.75. The summed E-state index contributed by atoms with van der Waals surface area (Å²) >= 11 is 0. The van der Waals surface area contributed by atoms with Crippen LogP contribution in [0.25, 0.3) is 0 Å². The van der Waals surface area contributed by atoms with E-state index in [0.717, 1.165) is 17.7 Å². The summed E-state index contributed by atoms with van der Waals surface area (Å²) in [5.41, 5.74) is 0.898. The van der Waals surface area contributed by atoms with Gasteiger partial charge in [-0.05, 0) is 56.6 Å². The van der Waals surface area contributed by atoms with Crippen LogP contribution in [0.1, 0.15) is 24.5 Å². The molecule has 2 heterocycles. The first-order chi connectivity index (χ1) is 11.8. The van der Waals surface area contributed by atoms with Crippen molar-refractivity contribution in [1.29, 1.82) is 0 Å². The highest BCUT2D eigenvalue weighted by Crippen LogP contribution is 2.64. The molecule has 5 nitrogen and oxygen atoms in total. The zero-order valence-corrected chi connectivity index (χ0v) is 14.4. The molecule has 1 fully saturated rings. The molecule has 0 aromatic heterocycles. The summed E-state index contributed by atoms with van der Waals surface area (Å²) in [4.78, 5) is 15.3. The lowest BCUT2D eigenvalue weighted by molar-refractivity contribution is -0.152. The molecule has 130 valence electrons. The maximum absolute atomic E-state index is 13.2. The van der Waals surface area contributed by atoms with E-state index in [-0.39, 0.29) is 17.6 Å². The molecule has 0 amide bonds. The number of aliphatic hydroxyl groups is 1. The summed E-state index contributed by atoms with van der Waals surface area (Å²) in [5.74, 6) is 0.254. The fourth-order valence-electron chi connectivity index (χ4n) is 5.54. The third-order valence-electron chi connectivity index (χ3n) is 6.71. The normalized spacial score (nSPS) is 38.0. The summed E-state index contributed by atoms with van der Waals surface area (Å²) in [6.07, 6.45) is 2.17. The lowest BCUT2D eigenvalue weighted by Gasteiger charge is -2.60. The van der Waals surface area contributed by atoms with E-state index in [0.29, 0.717) is 29.7 Å². The van der Waals surface area contributed by atoms with Crippen molar-refractivity contribution in [2.75, 3.05) is 13.6 Å². The van der Waals surface area contributed by atoms with Gasteiger partial charge in [0.25, 0.3) is 0 Å². The Morgan fingerprint density at radius 2 is 2.20 bits per heavy atom. The van der Waals surface area contributed by atoms with E-state index in [4.69, 9.17) is 4.74 Å². The maximum Gasteiger partial charge on any atom is 0.204 e. The van der Waals surface area contributed by atoms with Gasteiger partial charge in [0, 0.05) is 17.2 Å². The van der Waals surface area contributed by atoms with Crippen LogP contribution in [0.2, 0.25) is 0 Å². The number of likely N-dealkylation sites (N-methyl/N-ethyl adjacent to an activating group) is 1. The van der Waals surface area contributed by atoms with Crippen LogP contribution in [0, 0.1) is 0 Å². The molecule has 2 aliphatic carbocycles. The molecule has 2 bridgehead atoms. The molecular weight excluding hydrogens is 318 g/mol. The lowest BCUT2D eigenvalue weighted by atomic mass is 9.50. The summed E-state index contributed by atoms with van der Waals surface area (Å²) in [7, 11) is 2.01. The van der Waals surface area contributed by atoms with E-state index < -0.39 is 17.1 Å². The minimum absolute atomic E-state index is 0.0342. The molecule has 1 aromatic rings. The first kappa shape index (κ1) is 15.2. The van der Waals surface area contributed by atoms with Crippen molar-refractivity contribution < 1.29 is 19.7 Å². The number of ether oxygens (including phenoxy) is 1. The van der Waals surface area contributed by atoms with Gasteiger partial charge in [0.15, 0.2) is 17.6 Å². The number of Topliss-reactive ketones (excluding diaryl/α,β-unsaturated/α-hetero) is 1. The van der Waals surface area contributed by atoms with Gasteiger partial charge in [0.1, 0.15) is 5.60 Å². The molecular formula is C20H21NO4. The summed E-state index contributed by atoms with van der Waals surface area (Å²) in [5, 5.41) is 22.3. The number of allylic oxidation sites excluding steroid dienone is 1. The highest BCUT2D eigenvalue weighted by atomic mass is 16.5. The molecule has 0 saturated carbocycles. The zero-order valence-electron chi connectivity index (χ0n) is 14.4. The van der Waals surface area contributed by atoms with Crippen LogP contribution in [-0.2, 0) is 16.6 Å². The smallest absolute Gasteiger partial charge is 0.204 e. The number of aromatic hydroxyl groups is 1. The maximum atomic E-state index is 13.2. The number of carbonyl (C=O) groups excluding carboxylic acids is 1. The zero-order chi connectivity index (χ0) is 17.7. The predicted molar refractivity (Wildman–Crippen MR) is 91.8 cm³/mol. The van der Waals surface area contributed by atoms with Gasteiger partial charge in [-0.2, -0.15) is 0 Å². The van der Waals surface area contributed by atoms with Gasteiger partial charge < -0.3 is 14.9 Å². The van der Waals surface area contributed by atoms with E-state index in [1.165, 1.54) is 0 Å². The van der Waals surface area contributed by atoms with Gasteiger partial charge in [-0.15, -0.1) is 0 Å². The number of piperidine rings is 1. The van der Waals surface area contributed by atoms with Crippen LogP contribution < -0.4 is 4.74 Å². The fraction of sp³-hybridized carbons (Fsp3) is 0.450. The monoisotopic (exact) mass is 339 g/mol. The Hall–Kier alpha value is -2.11. The van der Waals surface area contributed by atoms with Gasteiger partial charge >= 0.3 is 0 Å². The predicted octanol–water partition coefficient (Wildman–Crippen LogP) is 1.47. The number of carbonyl (C=O) groups is 1. The van der Waals surface area contributed by atoms with Gasteiger partial charge in [-0.1, -0.05) is 12.6 Å². The number of rotatable bonds is 1. The summed E-state index contributed by atoms with van der Waals surface area (Å²) in [6, 6.07) is 3.38. The van der Waals surface area contributed by atoms with Crippen LogP contribution in [0.5, 0.6) is 11.5 Å². The number of hydrogen-bond acceptors (Lipinski definition) is 5. The van der Waals surface area contributed by atoms with Crippen molar-refractivity contribution in [3.63, 3.8) is 0 Å². The van der Waals surface area contributed by atoms with Crippen LogP contribution in [0.4, 0.5) is 0 Å². The van der Waals surface area contributed by atoms with Crippen molar-refractivity contribution in [2.24, 2.45) is 0 Å². The Bertz CT molecular complexity index is 888. The van der Waals surface area contributed by atoms with E-state index in [2.05, 4.69) is 11.5 Å². The average Bonchev–Trinajstić information content (AvgIpc) is 2.91. The molecule has 2 N–H and O–H groups in total. The van der Waals surface area contributed by atoms with Crippen molar-refractivity contribution in [2.45, 2.75) is 42.9 Å². The summed E-state index contributed by atoms with van der Waals surface area (Å²) < 4.78 is 6.04. The summed E-state index contributed by atoms with van der Waals surface area (Å²) in [6.45, 7) is 6.46. The molecule has 1 spiro atoms. The number of phenols is 1. The molecule has 4 aliphatic rings. The second-order valence-electron chi connectivity index (χ2n) is 7.90. The molecule has 25 heavy (non-hydrogen) atoms. The molecule has 5 rings (SSSR count). The van der Waals surface area contributed by atoms with Crippen molar-refractivity contribution in [1.82, 2.24) is 4.90 Å². The number of nitrogens with zero attached hydrogens (tertiary/aromatic N) is 1. The minimum Gasteiger partial charge on any atom is -0.504 e. The molecule has 2 aliphatic heterocycles. The standard InChI is InChI=1S/C20H21NO4/c1-10(2)12-9-20(24)14-8-11-4-5-13(22)17-15(11)19(20,6-7-21(14)3)18(25-17)16(12)23/h4-5,9,14,18,22,24H,1,6-8H2,2-3H3/t14?,18-,19-,20+/m0/s1. The Morgan fingerprint density at radius 1 is 1.44 bits per heavy atom. The van der Waals surface area contributed by atoms with Gasteiger partial charge in [0.2, 0.25) is 5.78 Å². The first-order valence-corrected chi connectivity index (χ1v) is 8.69. The Morgan fingerprint density at radius 3 is 2.92 bits per heavy atom. The third kappa shape index (κ3) is 1.46. The van der Waals surface area contributed by atoms with Crippen molar-refractivity contribution in [3.05, 3.63) is 47.1 Å². The third-order valence-corrected chi connectivity index (χ3v) is 6.71. The Balaban J connectivity index is 1.89. The highest BCUT2D eigenvalue weighted by Gasteiger charge is 2.72. The number of benzene rings is 1. The van der Waals surface area contributed by atoms with Crippen LogP contribution in [0.3, 0.4) is 0 Å². The number of ketones is 1. The molecule has 1 aromatic carbocycles. The molecule has 5 heteroatoms. The fourth-order valence-corrected chi connectivity index (χ4v) is 5.54. The molecule has 1 unspecified atom stereocenters. The first-order valence-electron chi connectivity index (χ1n) is 8.69. The van der Waals surface area contributed by atoms with Crippen molar-refractivity contribution >= 4 is 5.78 Å². The van der Waals surface area contributed by atoms with E-state index in [9.17, 15) is 15.0 Å². The molecule has 4 atom stereocenters. The van der Waals surface area contributed by atoms with Crippen LogP contribution in [0.15, 0.2) is 35.9 Å². The van der Waals surface area contributed by atoms with Gasteiger partial charge in [-0.3, -0.25) is 9.69 Å². The topological polar surface area (TPSA) is 70.0 Å². The quantitative estimate of drug-likeness (QED) is 0.811. The van der Waals surface area contributed by atoms with Crippen molar-refractivity contribution in [3.8, 4) is 11.5 Å². The van der Waals surface area contributed by atoms with Crippen LogP contribution >= 0.6 is 0 Å². The SMILES string of the molecule is C=C(C)C1=C[C@@]2(O)C3Cc4ccc(O)c5c4[C@@]2(CCN3C)[C@@H](O5)C1=O. The molecule has 1 saturated heterocycles. The number of hydrogen-bond donors (Lipinski definition) is 2. The average molecular weight is 339 g/mol.